The second-order valence-electron chi connectivity index (χ2n) is 4.28. The van der Waals surface area contributed by atoms with Crippen molar-refractivity contribution in [2.24, 2.45) is 0 Å². The van der Waals surface area contributed by atoms with Gasteiger partial charge in [-0.1, -0.05) is 29.8 Å². The molecule has 1 aromatic carbocycles. The molecule has 1 N–H and O–H groups in total. The van der Waals surface area contributed by atoms with E-state index in [1.165, 1.54) is 11.1 Å². The molecule has 0 amide bonds. The van der Waals surface area contributed by atoms with Gasteiger partial charge in [0.1, 0.15) is 6.33 Å². The van der Waals surface area contributed by atoms with Crippen molar-refractivity contribution in [3.05, 3.63) is 47.9 Å². The Balaban J connectivity index is 1.81. The van der Waals surface area contributed by atoms with Gasteiger partial charge in [0.15, 0.2) is 5.82 Å². The fraction of sp³-hybridized carbons (Fsp3) is 0.231. The second kappa shape index (κ2) is 4.05. The first-order valence-electron chi connectivity index (χ1n) is 5.67. The van der Waals surface area contributed by atoms with Gasteiger partial charge in [-0.3, -0.25) is 0 Å². The van der Waals surface area contributed by atoms with Crippen LogP contribution in [0.2, 0.25) is 0 Å². The lowest BCUT2D eigenvalue weighted by molar-refractivity contribution is 0.854. The molecular formula is C13H14N4. The van der Waals surface area contributed by atoms with Crippen molar-refractivity contribution in [1.29, 1.82) is 0 Å². The number of hydrogen-bond donors (Lipinski definition) is 1. The van der Waals surface area contributed by atoms with E-state index >= 15 is 0 Å². The summed E-state index contributed by atoms with van der Waals surface area (Å²) in [5, 5.41) is 3.28. The fourth-order valence-corrected chi connectivity index (χ4v) is 2.00. The molecule has 3 rings (SSSR count). The Morgan fingerprint density at radius 1 is 1.29 bits per heavy atom. The SMILES string of the molecule is Cc1ccc(CN2CNc3cncnc32)cc1. The van der Waals surface area contributed by atoms with Gasteiger partial charge in [-0.15, -0.1) is 0 Å². The second-order valence-corrected chi connectivity index (χ2v) is 4.28. The summed E-state index contributed by atoms with van der Waals surface area (Å²) >= 11 is 0. The predicted molar refractivity (Wildman–Crippen MR) is 67.9 cm³/mol. The van der Waals surface area contributed by atoms with Gasteiger partial charge in [-0.05, 0) is 12.5 Å². The molecular weight excluding hydrogens is 212 g/mol. The number of nitrogens with zero attached hydrogens (tertiary/aromatic N) is 3. The molecule has 0 unspecified atom stereocenters. The first kappa shape index (κ1) is 10.1. The molecule has 2 heterocycles. The maximum Gasteiger partial charge on any atom is 0.157 e. The van der Waals surface area contributed by atoms with Gasteiger partial charge in [-0.25, -0.2) is 9.97 Å². The molecule has 4 heteroatoms. The minimum Gasteiger partial charge on any atom is -0.363 e. The van der Waals surface area contributed by atoms with Gasteiger partial charge in [0.2, 0.25) is 0 Å². The van der Waals surface area contributed by atoms with Crippen LogP contribution in [0, 0.1) is 6.92 Å². The molecule has 0 fully saturated rings. The average Bonchev–Trinajstić information content (AvgIpc) is 2.76. The molecule has 4 nitrogen and oxygen atoms in total. The highest BCUT2D eigenvalue weighted by Gasteiger charge is 2.19. The molecule has 17 heavy (non-hydrogen) atoms. The van der Waals surface area contributed by atoms with E-state index in [1.807, 2.05) is 6.20 Å². The molecule has 1 aliphatic heterocycles. The third-order valence-corrected chi connectivity index (χ3v) is 2.95. The summed E-state index contributed by atoms with van der Waals surface area (Å²) in [6.45, 7) is 3.77. The lowest BCUT2D eigenvalue weighted by atomic mass is 10.1. The third-order valence-electron chi connectivity index (χ3n) is 2.95. The zero-order chi connectivity index (χ0) is 11.7. The van der Waals surface area contributed by atoms with Gasteiger partial charge < -0.3 is 10.2 Å². The van der Waals surface area contributed by atoms with E-state index in [0.717, 1.165) is 24.7 Å². The number of fused-ring (bicyclic) bond motifs is 1. The lowest BCUT2D eigenvalue weighted by Gasteiger charge is -2.16. The number of hydrogen-bond acceptors (Lipinski definition) is 4. The van der Waals surface area contributed by atoms with Crippen molar-refractivity contribution in [3.63, 3.8) is 0 Å². The van der Waals surface area contributed by atoms with Crippen LogP contribution in [0.3, 0.4) is 0 Å². The zero-order valence-corrected chi connectivity index (χ0v) is 9.72. The highest BCUT2D eigenvalue weighted by Crippen LogP contribution is 2.28. The van der Waals surface area contributed by atoms with E-state index in [0.29, 0.717) is 0 Å². The first-order valence-corrected chi connectivity index (χ1v) is 5.67. The van der Waals surface area contributed by atoms with Crippen molar-refractivity contribution in [2.45, 2.75) is 13.5 Å². The number of benzene rings is 1. The maximum atomic E-state index is 4.31. The van der Waals surface area contributed by atoms with Crippen molar-refractivity contribution < 1.29 is 0 Å². The average molecular weight is 226 g/mol. The summed E-state index contributed by atoms with van der Waals surface area (Å²) in [6, 6.07) is 8.60. The topological polar surface area (TPSA) is 41.0 Å². The van der Waals surface area contributed by atoms with Gasteiger partial charge >= 0.3 is 0 Å². The molecule has 1 aromatic heterocycles. The van der Waals surface area contributed by atoms with Crippen LogP contribution in [0.1, 0.15) is 11.1 Å². The summed E-state index contributed by atoms with van der Waals surface area (Å²) in [6.07, 6.45) is 3.41. The standard InChI is InChI=1S/C13H14N4/c1-10-2-4-11(5-3-10)7-17-9-16-12-6-14-8-15-13(12)17/h2-6,8,16H,7,9H2,1H3. The molecule has 0 radical (unpaired) electrons. The van der Waals surface area contributed by atoms with E-state index in [9.17, 15) is 0 Å². The van der Waals surface area contributed by atoms with E-state index < -0.39 is 0 Å². The monoisotopic (exact) mass is 226 g/mol. The number of aryl methyl sites for hydroxylation is 1. The molecule has 0 bridgehead atoms. The maximum absolute atomic E-state index is 4.31. The lowest BCUT2D eigenvalue weighted by Crippen LogP contribution is -2.22. The zero-order valence-electron chi connectivity index (χ0n) is 9.72. The van der Waals surface area contributed by atoms with Crippen molar-refractivity contribution in [1.82, 2.24) is 9.97 Å². The van der Waals surface area contributed by atoms with Crippen LogP contribution in [0.5, 0.6) is 0 Å². The summed E-state index contributed by atoms with van der Waals surface area (Å²) in [7, 11) is 0. The van der Waals surface area contributed by atoms with E-state index in [-0.39, 0.29) is 0 Å². The molecule has 0 aliphatic carbocycles. The Bertz CT molecular complexity index is 521. The first-order chi connectivity index (χ1) is 8.33. The number of aromatic nitrogens is 2. The number of rotatable bonds is 2. The summed E-state index contributed by atoms with van der Waals surface area (Å²) in [5.74, 6) is 0.987. The van der Waals surface area contributed by atoms with Crippen LogP contribution >= 0.6 is 0 Å². The number of nitrogens with one attached hydrogen (secondary N) is 1. The van der Waals surface area contributed by atoms with E-state index in [2.05, 4.69) is 51.4 Å². The quantitative estimate of drug-likeness (QED) is 0.852. The smallest absolute Gasteiger partial charge is 0.157 e. The Morgan fingerprint density at radius 3 is 2.94 bits per heavy atom. The van der Waals surface area contributed by atoms with Crippen molar-refractivity contribution in [2.75, 3.05) is 16.9 Å². The van der Waals surface area contributed by atoms with Crippen LogP contribution < -0.4 is 10.2 Å². The largest absolute Gasteiger partial charge is 0.363 e. The van der Waals surface area contributed by atoms with Gasteiger partial charge in [0.25, 0.3) is 0 Å². The predicted octanol–water partition coefficient (Wildman–Crippen LogP) is 2.17. The summed E-state index contributed by atoms with van der Waals surface area (Å²) in [4.78, 5) is 10.5. The Kier molecular flexibility index (Phi) is 2.40. The highest BCUT2D eigenvalue weighted by molar-refractivity contribution is 5.69. The van der Waals surface area contributed by atoms with E-state index in [1.54, 1.807) is 6.33 Å². The molecule has 0 saturated heterocycles. The van der Waals surface area contributed by atoms with Crippen LogP contribution in [0.4, 0.5) is 11.5 Å². The van der Waals surface area contributed by atoms with Crippen LogP contribution in [0.25, 0.3) is 0 Å². The summed E-state index contributed by atoms with van der Waals surface area (Å²) < 4.78 is 0. The molecule has 0 atom stereocenters. The fourth-order valence-electron chi connectivity index (χ4n) is 2.00. The third kappa shape index (κ3) is 1.93. The molecule has 0 saturated carbocycles. The van der Waals surface area contributed by atoms with Gasteiger partial charge in [-0.2, -0.15) is 0 Å². The minimum atomic E-state index is 0.794. The van der Waals surface area contributed by atoms with Gasteiger partial charge in [0.05, 0.1) is 18.6 Å². The molecule has 86 valence electrons. The highest BCUT2D eigenvalue weighted by atomic mass is 15.3. The molecule has 1 aliphatic rings. The normalized spacial score (nSPS) is 13.4. The Labute approximate surface area is 100 Å². The summed E-state index contributed by atoms with van der Waals surface area (Å²) in [5.41, 5.74) is 3.60. The van der Waals surface area contributed by atoms with E-state index in [4.69, 9.17) is 0 Å². The Morgan fingerprint density at radius 2 is 2.12 bits per heavy atom. The minimum absolute atomic E-state index is 0.794. The number of anilines is 2. The van der Waals surface area contributed by atoms with Crippen LogP contribution in [0.15, 0.2) is 36.8 Å². The molecule has 0 spiro atoms. The van der Waals surface area contributed by atoms with Crippen LogP contribution in [-0.4, -0.2) is 16.6 Å². The van der Waals surface area contributed by atoms with Crippen LogP contribution in [-0.2, 0) is 6.54 Å². The van der Waals surface area contributed by atoms with Gasteiger partial charge in [0, 0.05) is 6.54 Å². The van der Waals surface area contributed by atoms with Crippen molar-refractivity contribution in [3.8, 4) is 0 Å². The Hall–Kier alpha value is -2.10. The van der Waals surface area contributed by atoms with Crippen molar-refractivity contribution >= 4 is 11.5 Å². The molecule has 2 aromatic rings.